The minimum absolute atomic E-state index is 0. The Morgan fingerprint density at radius 2 is 2.24 bits per heavy atom. The molecule has 5 heteroatoms. The first-order chi connectivity index (χ1) is 7.61. The van der Waals surface area contributed by atoms with Gasteiger partial charge in [-0.3, -0.25) is 4.79 Å². The number of hydrogen-bond donors (Lipinski definition) is 1. The number of carbonyl (C=O) groups is 1. The summed E-state index contributed by atoms with van der Waals surface area (Å²) in [5.74, 6) is 1.86. The van der Waals surface area contributed by atoms with Crippen LogP contribution in [0.2, 0.25) is 0 Å². The minimum atomic E-state index is 0. The molecular weight excluding hydrogens is 256 g/mol. The lowest BCUT2D eigenvalue weighted by Gasteiger charge is -2.40. The molecule has 0 aromatic carbocycles. The van der Waals surface area contributed by atoms with Crippen molar-refractivity contribution in [3.8, 4) is 0 Å². The maximum atomic E-state index is 12.3. The molecule has 102 valence electrons. The van der Waals surface area contributed by atoms with Gasteiger partial charge in [0.25, 0.3) is 0 Å². The number of likely N-dealkylation sites (tertiary alicyclic amines) is 1. The number of thioether (sulfide) groups is 1. The Labute approximate surface area is 115 Å². The van der Waals surface area contributed by atoms with Crippen molar-refractivity contribution >= 4 is 30.1 Å². The number of piperidine rings is 1. The van der Waals surface area contributed by atoms with Crippen LogP contribution >= 0.6 is 24.2 Å². The van der Waals surface area contributed by atoms with Gasteiger partial charge in [0.1, 0.15) is 0 Å². The van der Waals surface area contributed by atoms with Crippen molar-refractivity contribution in [3.63, 3.8) is 0 Å². The van der Waals surface area contributed by atoms with Gasteiger partial charge < -0.3 is 10.6 Å². The van der Waals surface area contributed by atoms with Crippen LogP contribution in [0.5, 0.6) is 0 Å². The molecule has 0 saturated carbocycles. The molecule has 0 radical (unpaired) electrons. The van der Waals surface area contributed by atoms with E-state index >= 15 is 0 Å². The lowest BCUT2D eigenvalue weighted by atomic mass is 9.90. The summed E-state index contributed by atoms with van der Waals surface area (Å²) in [6.45, 7) is 5.71. The second-order valence-electron chi connectivity index (χ2n) is 4.81. The van der Waals surface area contributed by atoms with Crippen LogP contribution in [-0.4, -0.2) is 41.9 Å². The van der Waals surface area contributed by atoms with Crippen molar-refractivity contribution in [1.82, 2.24) is 4.90 Å². The molecule has 3 unspecified atom stereocenters. The maximum Gasteiger partial charge on any atom is 0.226 e. The van der Waals surface area contributed by atoms with Crippen molar-refractivity contribution in [2.75, 3.05) is 25.1 Å². The molecule has 1 saturated heterocycles. The maximum absolute atomic E-state index is 12.3. The molecule has 1 aliphatic rings. The molecule has 1 amide bonds. The standard InChI is InChI=1S/C12H24N2OS.ClH/c1-9-5-4-6-14(11(9)7-13)12(15)10(2)8-16-3;/h9-11H,4-8,13H2,1-3H3;1H. The van der Waals surface area contributed by atoms with Gasteiger partial charge in [-0.1, -0.05) is 13.8 Å². The van der Waals surface area contributed by atoms with Crippen LogP contribution in [0.15, 0.2) is 0 Å². The van der Waals surface area contributed by atoms with E-state index < -0.39 is 0 Å². The highest BCUT2D eigenvalue weighted by atomic mass is 35.5. The minimum Gasteiger partial charge on any atom is -0.338 e. The third-order valence-electron chi connectivity index (χ3n) is 3.48. The number of nitrogens with two attached hydrogens (primary N) is 1. The largest absolute Gasteiger partial charge is 0.338 e. The fourth-order valence-electron chi connectivity index (χ4n) is 2.49. The first kappa shape index (κ1) is 17.1. The van der Waals surface area contributed by atoms with Crippen LogP contribution < -0.4 is 5.73 Å². The number of nitrogens with zero attached hydrogens (tertiary/aromatic N) is 1. The van der Waals surface area contributed by atoms with E-state index in [1.807, 2.05) is 18.1 Å². The quantitative estimate of drug-likeness (QED) is 0.857. The Kier molecular flexibility index (Phi) is 8.25. The van der Waals surface area contributed by atoms with E-state index in [9.17, 15) is 4.79 Å². The van der Waals surface area contributed by atoms with Gasteiger partial charge in [0.05, 0.1) is 0 Å². The van der Waals surface area contributed by atoms with Crippen LogP contribution in [0.1, 0.15) is 26.7 Å². The molecule has 0 aliphatic carbocycles. The molecule has 0 bridgehead atoms. The number of hydrogen-bond acceptors (Lipinski definition) is 3. The number of amides is 1. The Morgan fingerprint density at radius 1 is 1.59 bits per heavy atom. The highest BCUT2D eigenvalue weighted by Crippen LogP contribution is 2.24. The van der Waals surface area contributed by atoms with Crippen LogP contribution in [0, 0.1) is 11.8 Å². The Hall–Kier alpha value is 0.0700. The summed E-state index contributed by atoms with van der Waals surface area (Å²) in [5.41, 5.74) is 5.80. The molecule has 1 aliphatic heterocycles. The van der Waals surface area contributed by atoms with Crippen molar-refractivity contribution < 1.29 is 4.79 Å². The van der Waals surface area contributed by atoms with Crippen molar-refractivity contribution in [2.24, 2.45) is 17.6 Å². The lowest BCUT2D eigenvalue weighted by molar-refractivity contribution is -0.139. The smallest absolute Gasteiger partial charge is 0.226 e. The summed E-state index contributed by atoms with van der Waals surface area (Å²) in [5, 5.41) is 0. The highest BCUT2D eigenvalue weighted by Gasteiger charge is 2.32. The van der Waals surface area contributed by atoms with Crippen LogP contribution in [0.3, 0.4) is 0 Å². The molecule has 1 heterocycles. The molecular formula is C12H25ClN2OS. The summed E-state index contributed by atoms with van der Waals surface area (Å²) in [6, 6.07) is 0.255. The molecule has 2 N–H and O–H groups in total. The molecule has 0 spiro atoms. The SMILES string of the molecule is CSCC(C)C(=O)N1CCCC(C)C1CN.Cl. The molecule has 0 aromatic rings. The lowest BCUT2D eigenvalue weighted by Crippen LogP contribution is -2.53. The normalized spacial score (nSPS) is 26.2. The van der Waals surface area contributed by atoms with E-state index in [0.717, 1.165) is 18.7 Å². The Bertz CT molecular complexity index is 241. The second-order valence-corrected chi connectivity index (χ2v) is 5.72. The van der Waals surface area contributed by atoms with Crippen LogP contribution in [0.25, 0.3) is 0 Å². The van der Waals surface area contributed by atoms with E-state index in [-0.39, 0.29) is 30.3 Å². The van der Waals surface area contributed by atoms with E-state index in [1.54, 1.807) is 11.8 Å². The van der Waals surface area contributed by atoms with E-state index in [4.69, 9.17) is 5.73 Å². The zero-order valence-electron chi connectivity index (χ0n) is 11.0. The van der Waals surface area contributed by atoms with E-state index in [1.165, 1.54) is 6.42 Å². The predicted molar refractivity (Wildman–Crippen MR) is 77.7 cm³/mol. The second kappa shape index (κ2) is 8.22. The molecule has 3 nitrogen and oxygen atoms in total. The predicted octanol–water partition coefficient (Wildman–Crippen LogP) is 1.99. The topological polar surface area (TPSA) is 46.3 Å². The van der Waals surface area contributed by atoms with Crippen molar-refractivity contribution in [2.45, 2.75) is 32.7 Å². The molecule has 1 rings (SSSR count). The van der Waals surface area contributed by atoms with Gasteiger partial charge in [-0.2, -0.15) is 11.8 Å². The number of carbonyl (C=O) groups excluding carboxylic acids is 1. The zero-order chi connectivity index (χ0) is 12.1. The average molecular weight is 281 g/mol. The average Bonchev–Trinajstić information content (AvgIpc) is 2.28. The number of halogens is 1. The van der Waals surface area contributed by atoms with Gasteiger partial charge in [-0.25, -0.2) is 0 Å². The van der Waals surface area contributed by atoms with Gasteiger partial charge in [0.2, 0.25) is 5.91 Å². The fraction of sp³-hybridized carbons (Fsp3) is 0.917. The first-order valence-electron chi connectivity index (χ1n) is 6.11. The van der Waals surface area contributed by atoms with Crippen molar-refractivity contribution in [3.05, 3.63) is 0 Å². The third-order valence-corrected chi connectivity index (χ3v) is 4.31. The third kappa shape index (κ3) is 4.34. The Morgan fingerprint density at radius 3 is 2.76 bits per heavy atom. The number of rotatable bonds is 4. The molecule has 3 atom stereocenters. The fourth-order valence-corrected chi connectivity index (χ4v) is 3.13. The van der Waals surface area contributed by atoms with Crippen molar-refractivity contribution in [1.29, 1.82) is 0 Å². The highest BCUT2D eigenvalue weighted by molar-refractivity contribution is 7.98. The summed E-state index contributed by atoms with van der Waals surface area (Å²) in [6.07, 6.45) is 4.36. The summed E-state index contributed by atoms with van der Waals surface area (Å²) in [7, 11) is 0. The van der Waals surface area contributed by atoms with Gasteiger partial charge in [0, 0.05) is 30.8 Å². The van der Waals surface area contributed by atoms with E-state index in [2.05, 4.69) is 6.92 Å². The Balaban J connectivity index is 0.00000256. The van der Waals surface area contributed by atoms with Crippen LogP contribution in [-0.2, 0) is 4.79 Å². The van der Waals surface area contributed by atoms with E-state index in [0.29, 0.717) is 12.5 Å². The monoisotopic (exact) mass is 280 g/mol. The van der Waals surface area contributed by atoms with Gasteiger partial charge in [-0.15, -0.1) is 12.4 Å². The van der Waals surface area contributed by atoms with Crippen LogP contribution in [0.4, 0.5) is 0 Å². The van der Waals surface area contributed by atoms with Gasteiger partial charge in [0.15, 0.2) is 0 Å². The molecule has 17 heavy (non-hydrogen) atoms. The molecule has 1 fully saturated rings. The van der Waals surface area contributed by atoms with Gasteiger partial charge in [-0.05, 0) is 25.0 Å². The first-order valence-corrected chi connectivity index (χ1v) is 7.50. The summed E-state index contributed by atoms with van der Waals surface area (Å²) in [4.78, 5) is 14.3. The zero-order valence-corrected chi connectivity index (χ0v) is 12.6. The molecule has 0 aromatic heterocycles. The summed E-state index contributed by atoms with van der Waals surface area (Å²) < 4.78 is 0. The summed E-state index contributed by atoms with van der Waals surface area (Å²) >= 11 is 1.73. The van der Waals surface area contributed by atoms with Gasteiger partial charge >= 0.3 is 0 Å².